The number of carbonyl (C=O) groups excluding carboxylic acids is 1. The Morgan fingerprint density at radius 1 is 1.15 bits per heavy atom. The van der Waals surface area contributed by atoms with Gasteiger partial charge in [-0.3, -0.25) is 9.48 Å². The van der Waals surface area contributed by atoms with Gasteiger partial charge in [0.15, 0.2) is 0 Å². The van der Waals surface area contributed by atoms with E-state index in [1.54, 1.807) is 11.7 Å². The van der Waals surface area contributed by atoms with Crippen molar-refractivity contribution < 1.29 is 4.79 Å². The van der Waals surface area contributed by atoms with Gasteiger partial charge >= 0.3 is 0 Å². The van der Waals surface area contributed by atoms with Gasteiger partial charge in [0.2, 0.25) is 5.91 Å². The first-order valence-electron chi connectivity index (χ1n) is 8.51. The molecule has 2 N–H and O–H groups in total. The highest BCUT2D eigenvalue weighted by atomic mass is 35.5. The molecule has 0 bridgehead atoms. The molecule has 1 amide bonds. The highest BCUT2D eigenvalue weighted by molar-refractivity contribution is 6.31. The van der Waals surface area contributed by atoms with Gasteiger partial charge in [0, 0.05) is 34.8 Å². The van der Waals surface area contributed by atoms with Gasteiger partial charge in [0.25, 0.3) is 0 Å². The van der Waals surface area contributed by atoms with Crippen LogP contribution < -0.4 is 10.6 Å². The summed E-state index contributed by atoms with van der Waals surface area (Å²) in [7, 11) is 1.79. The third-order valence-corrected chi connectivity index (χ3v) is 4.82. The van der Waals surface area contributed by atoms with E-state index in [2.05, 4.69) is 15.7 Å². The smallest absolute Gasteiger partial charge is 0.239 e. The number of aryl methyl sites for hydroxylation is 1. The molecular formula is C20H20Cl2N4O. The minimum Gasteiger partial charge on any atom is -0.310 e. The Kier molecular flexibility index (Phi) is 6.16. The Labute approximate surface area is 168 Å². The molecule has 0 aliphatic carbocycles. The lowest BCUT2D eigenvalue weighted by molar-refractivity contribution is -0.115. The molecule has 1 heterocycles. The average molecular weight is 403 g/mol. The minimum absolute atomic E-state index is 0.0411. The molecule has 7 heteroatoms. The van der Waals surface area contributed by atoms with Crippen molar-refractivity contribution in [3.8, 4) is 11.3 Å². The van der Waals surface area contributed by atoms with Crippen molar-refractivity contribution in [2.45, 2.75) is 13.0 Å². The van der Waals surface area contributed by atoms with Crippen molar-refractivity contribution in [1.29, 1.82) is 0 Å². The van der Waals surface area contributed by atoms with E-state index in [-0.39, 0.29) is 18.5 Å². The molecule has 0 saturated heterocycles. The number of halogens is 2. The van der Waals surface area contributed by atoms with Crippen LogP contribution in [0, 0.1) is 0 Å². The van der Waals surface area contributed by atoms with Crippen molar-refractivity contribution in [3.63, 3.8) is 0 Å². The molecule has 2 aromatic carbocycles. The maximum atomic E-state index is 12.3. The molecule has 0 fully saturated rings. The fraction of sp³-hybridized carbons (Fsp3) is 0.200. The molecule has 5 nitrogen and oxygen atoms in total. The molecule has 0 spiro atoms. The van der Waals surface area contributed by atoms with Crippen LogP contribution in [0.15, 0.2) is 54.6 Å². The lowest BCUT2D eigenvalue weighted by Gasteiger charge is -2.15. The van der Waals surface area contributed by atoms with E-state index in [4.69, 9.17) is 23.2 Å². The summed E-state index contributed by atoms with van der Waals surface area (Å²) in [6.07, 6.45) is 0. The highest BCUT2D eigenvalue weighted by Gasteiger charge is 2.13. The van der Waals surface area contributed by atoms with Crippen LogP contribution >= 0.6 is 23.2 Å². The number of hydrogen-bond donors (Lipinski definition) is 2. The van der Waals surface area contributed by atoms with Crippen molar-refractivity contribution in [2.24, 2.45) is 7.05 Å². The maximum absolute atomic E-state index is 12.3. The number of aromatic nitrogens is 2. The SMILES string of the molecule is C[C@H](NCC(=O)Nc1cc(-c2ccc(Cl)cc2)nn1C)c1ccccc1Cl. The summed E-state index contributed by atoms with van der Waals surface area (Å²) in [6, 6.07) is 16.8. The first kappa shape index (κ1) is 19.4. The van der Waals surface area contributed by atoms with Crippen LogP contribution in [0.1, 0.15) is 18.5 Å². The summed E-state index contributed by atoms with van der Waals surface area (Å²) in [6.45, 7) is 2.13. The third-order valence-electron chi connectivity index (χ3n) is 4.23. The fourth-order valence-corrected chi connectivity index (χ4v) is 3.14. The Balaban J connectivity index is 1.61. The van der Waals surface area contributed by atoms with Crippen LogP contribution in [0.3, 0.4) is 0 Å². The number of nitrogens with one attached hydrogen (secondary N) is 2. The molecule has 0 radical (unpaired) electrons. The number of carbonyl (C=O) groups is 1. The van der Waals surface area contributed by atoms with Crippen LogP contribution in [-0.4, -0.2) is 22.2 Å². The van der Waals surface area contributed by atoms with Gasteiger partial charge in [-0.15, -0.1) is 0 Å². The number of anilines is 1. The van der Waals surface area contributed by atoms with Gasteiger partial charge < -0.3 is 10.6 Å². The molecular weight excluding hydrogens is 383 g/mol. The summed E-state index contributed by atoms with van der Waals surface area (Å²) in [5.74, 6) is 0.469. The second-order valence-corrected chi connectivity index (χ2v) is 7.06. The average Bonchev–Trinajstić information content (AvgIpc) is 3.01. The molecule has 3 rings (SSSR count). The Bertz CT molecular complexity index is 937. The molecule has 140 valence electrons. The first-order valence-corrected chi connectivity index (χ1v) is 9.27. The molecule has 0 saturated carbocycles. The third kappa shape index (κ3) is 4.89. The lowest BCUT2D eigenvalue weighted by atomic mass is 10.1. The molecule has 1 atom stereocenters. The van der Waals surface area contributed by atoms with Crippen LogP contribution in [0.25, 0.3) is 11.3 Å². The standard InChI is InChI=1S/C20H20Cl2N4O/c1-13(16-5-3-4-6-17(16)22)23-12-20(27)24-19-11-18(25-26(19)2)14-7-9-15(21)10-8-14/h3-11,13,23H,12H2,1-2H3,(H,24,27)/t13-/m0/s1. The fourth-order valence-electron chi connectivity index (χ4n) is 2.72. The normalized spacial score (nSPS) is 12.0. The van der Waals surface area contributed by atoms with Gasteiger partial charge in [-0.1, -0.05) is 53.5 Å². The first-order chi connectivity index (χ1) is 12.9. The largest absolute Gasteiger partial charge is 0.310 e. The molecule has 0 aliphatic rings. The van der Waals surface area contributed by atoms with E-state index < -0.39 is 0 Å². The molecule has 3 aromatic rings. The Hall–Kier alpha value is -2.34. The molecule has 0 unspecified atom stereocenters. The Morgan fingerprint density at radius 2 is 1.85 bits per heavy atom. The summed E-state index contributed by atoms with van der Waals surface area (Å²) in [4.78, 5) is 12.3. The van der Waals surface area contributed by atoms with E-state index in [0.717, 1.165) is 16.8 Å². The number of nitrogens with zero attached hydrogens (tertiary/aromatic N) is 2. The van der Waals surface area contributed by atoms with Crippen LogP contribution in [0.4, 0.5) is 5.82 Å². The zero-order valence-electron chi connectivity index (χ0n) is 15.0. The number of rotatable bonds is 6. The summed E-state index contributed by atoms with van der Waals surface area (Å²) >= 11 is 12.1. The maximum Gasteiger partial charge on any atom is 0.239 e. The van der Waals surface area contributed by atoms with Crippen LogP contribution in [-0.2, 0) is 11.8 Å². The van der Waals surface area contributed by atoms with Gasteiger partial charge in [0.05, 0.1) is 12.2 Å². The number of benzene rings is 2. The number of amides is 1. The predicted molar refractivity (Wildman–Crippen MR) is 110 cm³/mol. The van der Waals surface area contributed by atoms with E-state index in [1.807, 2.05) is 61.5 Å². The zero-order valence-corrected chi connectivity index (χ0v) is 16.6. The lowest BCUT2D eigenvalue weighted by Crippen LogP contribution is -2.30. The van der Waals surface area contributed by atoms with E-state index in [9.17, 15) is 4.79 Å². The highest BCUT2D eigenvalue weighted by Crippen LogP contribution is 2.24. The molecule has 27 heavy (non-hydrogen) atoms. The molecule has 1 aromatic heterocycles. The zero-order chi connectivity index (χ0) is 19.4. The van der Waals surface area contributed by atoms with E-state index in [0.29, 0.717) is 15.9 Å². The topological polar surface area (TPSA) is 59.0 Å². The van der Waals surface area contributed by atoms with Gasteiger partial charge in [-0.2, -0.15) is 5.10 Å². The Morgan fingerprint density at radius 3 is 2.56 bits per heavy atom. The second kappa shape index (κ2) is 8.57. The van der Waals surface area contributed by atoms with Gasteiger partial charge in [-0.05, 0) is 30.7 Å². The summed E-state index contributed by atoms with van der Waals surface area (Å²) in [5, 5.41) is 11.8. The van der Waals surface area contributed by atoms with E-state index >= 15 is 0 Å². The van der Waals surface area contributed by atoms with Crippen molar-refractivity contribution in [2.75, 3.05) is 11.9 Å². The monoisotopic (exact) mass is 402 g/mol. The second-order valence-electron chi connectivity index (χ2n) is 6.22. The van der Waals surface area contributed by atoms with Crippen molar-refractivity contribution in [3.05, 3.63) is 70.2 Å². The van der Waals surface area contributed by atoms with Crippen LogP contribution in [0.5, 0.6) is 0 Å². The van der Waals surface area contributed by atoms with E-state index in [1.165, 1.54) is 0 Å². The van der Waals surface area contributed by atoms with Crippen LogP contribution in [0.2, 0.25) is 10.0 Å². The summed E-state index contributed by atoms with van der Waals surface area (Å²) < 4.78 is 1.64. The van der Waals surface area contributed by atoms with Gasteiger partial charge in [-0.25, -0.2) is 0 Å². The van der Waals surface area contributed by atoms with Gasteiger partial charge in [0.1, 0.15) is 5.82 Å². The number of hydrogen-bond acceptors (Lipinski definition) is 3. The van der Waals surface area contributed by atoms with Crippen molar-refractivity contribution >= 4 is 34.9 Å². The quantitative estimate of drug-likeness (QED) is 0.628. The predicted octanol–water partition coefficient (Wildman–Crippen LogP) is 4.68. The van der Waals surface area contributed by atoms with Crippen molar-refractivity contribution in [1.82, 2.24) is 15.1 Å². The molecule has 0 aliphatic heterocycles. The minimum atomic E-state index is -0.153. The summed E-state index contributed by atoms with van der Waals surface area (Å²) in [5.41, 5.74) is 2.65.